The molecule has 3 N–H and O–H groups in total. The minimum atomic E-state index is -0.757. The van der Waals surface area contributed by atoms with E-state index in [4.69, 9.17) is 33.7 Å². The first-order valence-corrected chi connectivity index (χ1v) is 8.16. The highest BCUT2D eigenvalue weighted by Gasteiger charge is 2.20. The Labute approximate surface area is 153 Å². The molecule has 2 aromatic carbocycles. The number of rotatable bonds is 4. The fourth-order valence-electron chi connectivity index (χ4n) is 2.67. The Hall–Kier alpha value is -2.50. The number of carbonyl (C=O) groups excluding carboxylic acids is 2. The van der Waals surface area contributed by atoms with Crippen LogP contribution in [0.3, 0.4) is 0 Å². The lowest BCUT2D eigenvalue weighted by atomic mass is 10.1. The zero-order chi connectivity index (χ0) is 18.1. The topological polar surface area (TPSA) is 85.2 Å². The van der Waals surface area contributed by atoms with Gasteiger partial charge in [0.15, 0.2) is 6.61 Å². The summed E-state index contributed by atoms with van der Waals surface area (Å²) in [5.41, 5.74) is 7.92. The number of halogens is 2. The Balaban J connectivity index is 1.80. The number of para-hydroxylation sites is 1. The third-order valence-electron chi connectivity index (χ3n) is 3.82. The summed E-state index contributed by atoms with van der Waals surface area (Å²) in [4.78, 5) is 27.9. The van der Waals surface area contributed by atoms with Crippen molar-refractivity contribution in [2.24, 2.45) is 0 Å². The first-order valence-electron chi connectivity index (χ1n) is 7.40. The van der Waals surface area contributed by atoms with Crippen LogP contribution in [0.1, 0.15) is 26.4 Å². The molecule has 0 bridgehead atoms. The molecule has 25 heavy (non-hydrogen) atoms. The Morgan fingerprint density at radius 2 is 1.92 bits per heavy atom. The van der Waals surface area contributed by atoms with Crippen LogP contribution in [0.25, 0.3) is 10.9 Å². The molecule has 0 amide bonds. The number of carbonyl (C=O) groups is 2. The molecule has 0 saturated heterocycles. The van der Waals surface area contributed by atoms with E-state index in [0.717, 1.165) is 10.9 Å². The second-order valence-electron chi connectivity index (χ2n) is 5.52. The molecule has 0 spiro atoms. The van der Waals surface area contributed by atoms with Gasteiger partial charge in [-0.15, -0.1) is 0 Å². The van der Waals surface area contributed by atoms with Gasteiger partial charge < -0.3 is 15.5 Å². The third-order valence-corrected chi connectivity index (χ3v) is 4.35. The number of ketones is 1. The second kappa shape index (κ2) is 6.78. The van der Waals surface area contributed by atoms with Gasteiger partial charge >= 0.3 is 5.97 Å². The highest BCUT2D eigenvalue weighted by Crippen LogP contribution is 2.28. The van der Waals surface area contributed by atoms with Crippen molar-refractivity contribution in [1.29, 1.82) is 0 Å². The summed E-state index contributed by atoms with van der Waals surface area (Å²) in [6.45, 7) is 1.38. The molecule has 1 heterocycles. The van der Waals surface area contributed by atoms with Crippen LogP contribution in [0.4, 0.5) is 5.69 Å². The molecule has 7 heteroatoms. The molecule has 0 atom stereocenters. The first-order chi connectivity index (χ1) is 11.9. The molecule has 3 aromatic rings. The highest BCUT2D eigenvalue weighted by molar-refractivity contribution is 6.37. The van der Waals surface area contributed by atoms with E-state index in [-0.39, 0.29) is 27.1 Å². The largest absolute Gasteiger partial charge is 0.454 e. The summed E-state index contributed by atoms with van der Waals surface area (Å²) in [6, 6.07) is 10.2. The number of fused-ring (bicyclic) bond motifs is 1. The zero-order valence-corrected chi connectivity index (χ0v) is 14.7. The van der Waals surface area contributed by atoms with Crippen LogP contribution in [-0.4, -0.2) is 23.3 Å². The summed E-state index contributed by atoms with van der Waals surface area (Å²) in [7, 11) is 0. The molecular formula is C18H14Cl2N2O3. The van der Waals surface area contributed by atoms with Crippen LogP contribution in [-0.2, 0) is 4.74 Å². The lowest BCUT2D eigenvalue weighted by Gasteiger charge is -2.08. The van der Waals surface area contributed by atoms with Gasteiger partial charge in [0.1, 0.15) is 0 Å². The number of aryl methyl sites for hydroxylation is 1. The number of nitrogens with two attached hydrogens (primary N) is 1. The van der Waals surface area contributed by atoms with Gasteiger partial charge in [0.05, 0.1) is 16.3 Å². The van der Waals surface area contributed by atoms with E-state index in [2.05, 4.69) is 4.98 Å². The number of benzene rings is 2. The van der Waals surface area contributed by atoms with Gasteiger partial charge in [-0.1, -0.05) is 41.4 Å². The molecule has 0 aliphatic rings. The zero-order valence-electron chi connectivity index (χ0n) is 13.2. The van der Waals surface area contributed by atoms with Crippen LogP contribution in [0.2, 0.25) is 10.0 Å². The van der Waals surface area contributed by atoms with Gasteiger partial charge in [-0.3, -0.25) is 4.79 Å². The van der Waals surface area contributed by atoms with E-state index in [1.165, 1.54) is 12.1 Å². The third kappa shape index (κ3) is 3.34. The van der Waals surface area contributed by atoms with Gasteiger partial charge in [0.2, 0.25) is 5.78 Å². The van der Waals surface area contributed by atoms with Crippen molar-refractivity contribution >= 4 is 51.5 Å². The predicted octanol–water partition coefficient (Wildman–Crippen LogP) is 4.41. The molecule has 0 unspecified atom stereocenters. The molecule has 0 fully saturated rings. The number of aromatic nitrogens is 1. The summed E-state index contributed by atoms with van der Waals surface area (Å²) >= 11 is 11.8. The van der Waals surface area contributed by atoms with Crippen molar-refractivity contribution in [2.45, 2.75) is 6.92 Å². The average Bonchev–Trinajstić information content (AvgIpc) is 2.91. The number of H-pyrrole nitrogens is 1. The lowest BCUT2D eigenvalue weighted by molar-refractivity contribution is 0.0476. The first kappa shape index (κ1) is 17.3. The number of nitrogen functional groups attached to an aromatic ring is 1. The Morgan fingerprint density at radius 3 is 2.68 bits per heavy atom. The van der Waals surface area contributed by atoms with Crippen molar-refractivity contribution in [1.82, 2.24) is 4.98 Å². The molecule has 0 aliphatic heterocycles. The molecule has 5 nitrogen and oxygen atoms in total. The number of ether oxygens (including phenoxy) is 1. The van der Waals surface area contributed by atoms with Crippen LogP contribution < -0.4 is 5.73 Å². The second-order valence-corrected chi connectivity index (χ2v) is 6.36. The van der Waals surface area contributed by atoms with Crippen LogP contribution >= 0.6 is 23.2 Å². The van der Waals surface area contributed by atoms with Crippen LogP contribution in [0, 0.1) is 6.92 Å². The summed E-state index contributed by atoms with van der Waals surface area (Å²) < 4.78 is 5.11. The van der Waals surface area contributed by atoms with Crippen molar-refractivity contribution in [3.63, 3.8) is 0 Å². The van der Waals surface area contributed by atoms with E-state index in [1.807, 2.05) is 24.3 Å². The Morgan fingerprint density at radius 1 is 1.20 bits per heavy atom. The maximum atomic E-state index is 12.5. The van der Waals surface area contributed by atoms with Gasteiger partial charge in [-0.2, -0.15) is 0 Å². The van der Waals surface area contributed by atoms with E-state index < -0.39 is 12.6 Å². The molecule has 1 aromatic heterocycles. The minimum absolute atomic E-state index is 0.0287. The number of esters is 1. The molecule has 0 saturated carbocycles. The van der Waals surface area contributed by atoms with Crippen LogP contribution in [0.5, 0.6) is 0 Å². The predicted molar refractivity (Wildman–Crippen MR) is 98.5 cm³/mol. The fraction of sp³-hybridized carbons (Fsp3) is 0.111. The van der Waals surface area contributed by atoms with E-state index >= 15 is 0 Å². The smallest absolute Gasteiger partial charge is 0.340 e. The molecular weight excluding hydrogens is 363 g/mol. The standard InChI is InChI=1S/C18H14Cl2N2O3/c1-9-16(11-4-2-3-5-14(11)22-9)15(23)8-25-18(24)12-6-10(19)7-13(20)17(12)21/h2-7,22H,8,21H2,1H3. The maximum Gasteiger partial charge on any atom is 0.340 e. The maximum absolute atomic E-state index is 12.5. The number of aromatic amines is 1. The van der Waals surface area contributed by atoms with Crippen molar-refractivity contribution in [2.75, 3.05) is 12.3 Å². The summed E-state index contributed by atoms with van der Waals surface area (Å²) in [5.74, 6) is -1.07. The fourth-order valence-corrected chi connectivity index (χ4v) is 3.16. The van der Waals surface area contributed by atoms with Gasteiger partial charge in [-0.25, -0.2) is 4.79 Å². The molecule has 128 valence electrons. The average molecular weight is 377 g/mol. The number of hydrogen-bond acceptors (Lipinski definition) is 4. The van der Waals surface area contributed by atoms with Crippen molar-refractivity contribution < 1.29 is 14.3 Å². The molecule has 0 radical (unpaired) electrons. The Kier molecular flexibility index (Phi) is 4.70. The number of hydrogen-bond donors (Lipinski definition) is 2. The number of Topliss-reactive ketones (excluding diaryl/α,β-unsaturated/α-hetero) is 1. The molecule has 3 rings (SSSR count). The van der Waals surface area contributed by atoms with E-state index in [0.29, 0.717) is 11.3 Å². The normalized spacial score (nSPS) is 10.8. The van der Waals surface area contributed by atoms with Gasteiger partial charge in [0.25, 0.3) is 0 Å². The van der Waals surface area contributed by atoms with Crippen molar-refractivity contribution in [3.05, 3.63) is 63.3 Å². The monoisotopic (exact) mass is 376 g/mol. The van der Waals surface area contributed by atoms with Gasteiger partial charge in [0, 0.05) is 27.2 Å². The highest BCUT2D eigenvalue weighted by atomic mass is 35.5. The molecule has 0 aliphatic carbocycles. The van der Waals surface area contributed by atoms with Gasteiger partial charge in [-0.05, 0) is 25.1 Å². The van der Waals surface area contributed by atoms with E-state index in [1.54, 1.807) is 6.92 Å². The number of nitrogens with one attached hydrogen (secondary N) is 1. The minimum Gasteiger partial charge on any atom is -0.454 e. The van der Waals surface area contributed by atoms with Crippen LogP contribution in [0.15, 0.2) is 36.4 Å². The SMILES string of the molecule is Cc1[nH]c2ccccc2c1C(=O)COC(=O)c1cc(Cl)cc(Cl)c1N. The summed E-state index contributed by atoms with van der Waals surface area (Å²) in [6.07, 6.45) is 0. The quantitative estimate of drug-likeness (QED) is 0.401. The van der Waals surface area contributed by atoms with Crippen molar-refractivity contribution in [3.8, 4) is 0 Å². The Bertz CT molecular complexity index is 995. The summed E-state index contributed by atoms with van der Waals surface area (Å²) in [5, 5.41) is 1.19. The lowest BCUT2D eigenvalue weighted by Crippen LogP contribution is -2.16. The van der Waals surface area contributed by atoms with E-state index in [9.17, 15) is 9.59 Å². The number of anilines is 1.